The molecule has 190 valence electrons. The molecule has 5 heterocycles. The number of aryl methyl sites for hydroxylation is 3. The summed E-state index contributed by atoms with van der Waals surface area (Å²) in [7, 11) is 0. The molecule has 10 nitrogen and oxygen atoms in total. The normalized spacial score (nSPS) is 18.2. The summed E-state index contributed by atoms with van der Waals surface area (Å²) in [6.07, 6.45) is 3.48. The smallest absolute Gasteiger partial charge is 0.317 e. The Labute approximate surface area is 215 Å². The van der Waals surface area contributed by atoms with E-state index in [1.54, 1.807) is 6.20 Å². The molecule has 0 aliphatic carbocycles. The van der Waals surface area contributed by atoms with E-state index in [2.05, 4.69) is 43.6 Å². The third-order valence-corrected chi connectivity index (χ3v) is 7.38. The van der Waals surface area contributed by atoms with Gasteiger partial charge in [0.25, 0.3) is 0 Å². The molecule has 1 unspecified atom stereocenters. The van der Waals surface area contributed by atoms with Gasteiger partial charge in [-0.1, -0.05) is 0 Å². The van der Waals surface area contributed by atoms with Gasteiger partial charge in [-0.05, 0) is 63.1 Å². The Bertz CT molecular complexity index is 1480. The summed E-state index contributed by atoms with van der Waals surface area (Å²) < 4.78 is 6.33. The van der Waals surface area contributed by atoms with E-state index in [1.165, 1.54) is 0 Å². The maximum Gasteiger partial charge on any atom is 0.317 e. The van der Waals surface area contributed by atoms with Crippen molar-refractivity contribution in [2.45, 2.75) is 39.8 Å². The van der Waals surface area contributed by atoms with Crippen molar-refractivity contribution in [2.24, 2.45) is 0 Å². The molecule has 2 aliphatic heterocycles. The van der Waals surface area contributed by atoms with E-state index in [0.29, 0.717) is 13.1 Å². The number of aromatic nitrogens is 5. The van der Waals surface area contributed by atoms with E-state index in [4.69, 9.17) is 9.72 Å². The average molecular weight is 499 g/mol. The molecule has 2 atom stereocenters. The lowest BCUT2D eigenvalue weighted by molar-refractivity contribution is 0.197. The molecule has 2 N–H and O–H groups in total. The first kappa shape index (κ1) is 23.2. The minimum absolute atomic E-state index is 0.0375. The molecule has 1 aromatic carbocycles. The molecule has 4 aromatic rings. The maximum absolute atomic E-state index is 11.9. The molecule has 37 heavy (non-hydrogen) atoms. The first-order chi connectivity index (χ1) is 17.9. The van der Waals surface area contributed by atoms with Crippen LogP contribution in [0, 0.1) is 20.8 Å². The van der Waals surface area contributed by atoms with Gasteiger partial charge in [0.15, 0.2) is 0 Å². The lowest BCUT2D eigenvalue weighted by Crippen LogP contribution is -2.52. The molecule has 2 aliphatic rings. The van der Waals surface area contributed by atoms with Crippen molar-refractivity contribution in [1.29, 1.82) is 0 Å². The number of H-pyrrole nitrogens is 1. The number of benzene rings is 1. The number of rotatable bonds is 5. The van der Waals surface area contributed by atoms with Crippen LogP contribution in [0.2, 0.25) is 0 Å². The molecular weight excluding hydrogens is 468 g/mol. The minimum Gasteiger partial charge on any atom is -0.486 e. The number of carbonyl (C=O) groups excluding carboxylic acids is 1. The van der Waals surface area contributed by atoms with Crippen LogP contribution in [0.1, 0.15) is 35.4 Å². The van der Waals surface area contributed by atoms with E-state index in [9.17, 15) is 4.79 Å². The van der Waals surface area contributed by atoms with Crippen LogP contribution < -0.4 is 15.0 Å². The molecule has 2 amide bonds. The van der Waals surface area contributed by atoms with Crippen molar-refractivity contribution >= 4 is 22.8 Å². The number of fused-ring (bicyclic) bond motifs is 2. The van der Waals surface area contributed by atoms with Crippen molar-refractivity contribution in [2.75, 3.05) is 31.1 Å². The monoisotopic (exact) mass is 498 g/mol. The zero-order valence-electron chi connectivity index (χ0n) is 21.4. The molecule has 0 spiro atoms. The Balaban J connectivity index is 1.26. The van der Waals surface area contributed by atoms with Gasteiger partial charge >= 0.3 is 6.03 Å². The number of nitrogens with zero attached hydrogens (tertiary/aromatic N) is 6. The first-order valence-corrected chi connectivity index (χ1v) is 12.6. The lowest BCUT2D eigenvalue weighted by atomic mass is 10.0. The fourth-order valence-electron chi connectivity index (χ4n) is 5.60. The highest BCUT2D eigenvalue weighted by Crippen LogP contribution is 2.33. The Morgan fingerprint density at radius 2 is 1.97 bits per heavy atom. The van der Waals surface area contributed by atoms with Crippen molar-refractivity contribution in [3.05, 3.63) is 59.0 Å². The molecule has 2 fully saturated rings. The predicted octanol–water partition coefficient (Wildman–Crippen LogP) is 3.69. The highest BCUT2D eigenvalue weighted by Gasteiger charge is 2.36. The third-order valence-electron chi connectivity index (χ3n) is 7.38. The summed E-state index contributed by atoms with van der Waals surface area (Å²) in [5, 5.41) is 19.9. The van der Waals surface area contributed by atoms with Crippen molar-refractivity contribution in [3.8, 4) is 17.0 Å². The predicted molar refractivity (Wildman–Crippen MR) is 141 cm³/mol. The van der Waals surface area contributed by atoms with Gasteiger partial charge in [-0.2, -0.15) is 15.3 Å². The van der Waals surface area contributed by atoms with Crippen molar-refractivity contribution < 1.29 is 9.53 Å². The Hall–Kier alpha value is -4.21. The van der Waals surface area contributed by atoms with Crippen LogP contribution in [-0.4, -0.2) is 68.5 Å². The number of pyridine rings is 1. The van der Waals surface area contributed by atoms with E-state index in [0.717, 1.165) is 69.2 Å². The number of piperazine rings is 1. The van der Waals surface area contributed by atoms with Crippen LogP contribution in [0.4, 0.5) is 10.6 Å². The van der Waals surface area contributed by atoms with Gasteiger partial charge in [-0.15, -0.1) is 0 Å². The second-order valence-electron chi connectivity index (χ2n) is 9.91. The molecule has 6 rings (SSSR count). The van der Waals surface area contributed by atoms with Gasteiger partial charge in [0, 0.05) is 48.9 Å². The Morgan fingerprint density at radius 3 is 2.78 bits per heavy atom. The number of urea groups is 1. The highest BCUT2D eigenvalue weighted by molar-refractivity contribution is 5.93. The fraction of sp³-hybridized carbons (Fsp3) is 0.370. The number of amides is 2. The molecular formula is C27H30N8O2. The topological polar surface area (TPSA) is 112 Å². The summed E-state index contributed by atoms with van der Waals surface area (Å²) in [6.45, 7) is 11.0. The van der Waals surface area contributed by atoms with E-state index in [1.807, 2.05) is 50.1 Å². The standard InChI is InChI=1S/C27H30N8O2/c1-15-9-19(12-28-26(15)34-7-8-35-20(14-34)13-29-27(35)36)25-22-10-21(5-6-23(22)32-33-25)37-18(4)24-16(2)11-30-31-17(24)3/h5-6,9-12,18,20H,7-8,13-14H2,1-4H3,(H,29,36)(H,32,33)/t18-,20?/m1/s1. The zero-order chi connectivity index (χ0) is 25.7. The molecule has 3 aromatic heterocycles. The van der Waals surface area contributed by atoms with Gasteiger partial charge in [-0.3, -0.25) is 5.10 Å². The van der Waals surface area contributed by atoms with Gasteiger partial charge in [-0.25, -0.2) is 9.78 Å². The SMILES string of the molecule is Cc1cc(-c2n[nH]c3ccc(O[C@H](C)c4c(C)cnnc4C)cc23)cnc1N1CCN2C(=O)NCC2C1. The molecule has 2 saturated heterocycles. The summed E-state index contributed by atoms with van der Waals surface area (Å²) >= 11 is 0. The van der Waals surface area contributed by atoms with Crippen LogP contribution in [0.3, 0.4) is 0 Å². The highest BCUT2D eigenvalue weighted by atomic mass is 16.5. The van der Waals surface area contributed by atoms with Crippen LogP contribution in [0.25, 0.3) is 22.2 Å². The van der Waals surface area contributed by atoms with E-state index in [-0.39, 0.29) is 18.2 Å². The number of hydrogen-bond donors (Lipinski definition) is 2. The largest absolute Gasteiger partial charge is 0.486 e. The molecule has 10 heteroatoms. The van der Waals surface area contributed by atoms with Gasteiger partial charge in [0.05, 0.1) is 23.4 Å². The number of nitrogens with one attached hydrogen (secondary N) is 2. The maximum atomic E-state index is 11.9. The van der Waals surface area contributed by atoms with Crippen molar-refractivity contribution in [3.63, 3.8) is 0 Å². The fourth-order valence-corrected chi connectivity index (χ4v) is 5.60. The number of aromatic amines is 1. The lowest BCUT2D eigenvalue weighted by Gasteiger charge is -2.37. The molecule has 0 bridgehead atoms. The summed E-state index contributed by atoms with van der Waals surface area (Å²) in [4.78, 5) is 21.0. The molecule has 0 radical (unpaired) electrons. The number of carbonyl (C=O) groups is 1. The third kappa shape index (κ3) is 4.12. The van der Waals surface area contributed by atoms with Crippen LogP contribution in [0.15, 0.2) is 36.7 Å². The zero-order valence-corrected chi connectivity index (χ0v) is 21.4. The summed E-state index contributed by atoms with van der Waals surface area (Å²) in [5.74, 6) is 1.72. The number of ether oxygens (including phenoxy) is 1. The minimum atomic E-state index is -0.169. The number of anilines is 1. The van der Waals surface area contributed by atoms with Crippen LogP contribution in [0.5, 0.6) is 5.75 Å². The quantitative estimate of drug-likeness (QED) is 0.432. The molecule has 0 saturated carbocycles. The van der Waals surface area contributed by atoms with Crippen LogP contribution in [-0.2, 0) is 0 Å². The van der Waals surface area contributed by atoms with Gasteiger partial charge in [0.1, 0.15) is 23.4 Å². The van der Waals surface area contributed by atoms with E-state index >= 15 is 0 Å². The van der Waals surface area contributed by atoms with E-state index < -0.39 is 0 Å². The van der Waals surface area contributed by atoms with Gasteiger partial charge in [0.2, 0.25) is 0 Å². The Morgan fingerprint density at radius 1 is 1.11 bits per heavy atom. The second kappa shape index (κ2) is 9.02. The van der Waals surface area contributed by atoms with Crippen LogP contribution >= 0.6 is 0 Å². The summed E-state index contributed by atoms with van der Waals surface area (Å²) in [6, 6.07) is 8.33. The Kier molecular flexibility index (Phi) is 5.66. The summed E-state index contributed by atoms with van der Waals surface area (Å²) in [5.41, 5.74) is 6.78. The second-order valence-corrected chi connectivity index (χ2v) is 9.91. The first-order valence-electron chi connectivity index (χ1n) is 12.6. The van der Waals surface area contributed by atoms with Gasteiger partial charge < -0.3 is 19.9 Å². The average Bonchev–Trinajstić information content (AvgIpc) is 3.47. The van der Waals surface area contributed by atoms with Crippen molar-refractivity contribution in [1.82, 2.24) is 35.6 Å². The number of hydrogen-bond acceptors (Lipinski definition) is 7.